The number of esters is 1. The molecule has 0 saturated heterocycles. The molecule has 0 saturated carbocycles. The number of halogens is 2. The zero-order valence-electron chi connectivity index (χ0n) is 20.7. The second-order valence-corrected chi connectivity index (χ2v) is 10.1. The Hall–Kier alpha value is -3.59. The van der Waals surface area contributed by atoms with Crippen molar-refractivity contribution in [1.82, 2.24) is 4.57 Å². The number of para-hydroxylation sites is 1. The summed E-state index contributed by atoms with van der Waals surface area (Å²) in [4.78, 5) is 31.9. The van der Waals surface area contributed by atoms with Crippen LogP contribution in [0.25, 0.3) is 17.4 Å². The summed E-state index contributed by atoms with van der Waals surface area (Å²) in [6.07, 6.45) is 1.65. The normalized spacial score (nSPS) is 15.3. The van der Waals surface area contributed by atoms with E-state index in [1.165, 1.54) is 15.9 Å². The number of furan rings is 1. The van der Waals surface area contributed by atoms with Gasteiger partial charge in [0.1, 0.15) is 23.3 Å². The van der Waals surface area contributed by atoms with Gasteiger partial charge in [0.2, 0.25) is 0 Å². The first kappa shape index (κ1) is 26.0. The fourth-order valence-corrected chi connectivity index (χ4v) is 5.80. The average molecular weight is 569 g/mol. The molecule has 2 aromatic heterocycles. The van der Waals surface area contributed by atoms with Crippen LogP contribution in [0, 0.1) is 0 Å². The van der Waals surface area contributed by atoms with Gasteiger partial charge in [-0.05, 0) is 44.2 Å². The van der Waals surface area contributed by atoms with Gasteiger partial charge >= 0.3 is 5.97 Å². The number of benzene rings is 2. The van der Waals surface area contributed by atoms with Crippen LogP contribution in [0.5, 0.6) is 5.75 Å². The van der Waals surface area contributed by atoms with Crippen LogP contribution in [-0.2, 0) is 9.53 Å². The second-order valence-electron chi connectivity index (χ2n) is 8.35. The van der Waals surface area contributed by atoms with Gasteiger partial charge in [0, 0.05) is 17.2 Å². The third-order valence-corrected chi connectivity index (χ3v) is 7.87. The van der Waals surface area contributed by atoms with Crippen molar-refractivity contribution in [2.75, 3.05) is 13.7 Å². The highest BCUT2D eigenvalue weighted by Gasteiger charge is 2.35. The van der Waals surface area contributed by atoms with Gasteiger partial charge < -0.3 is 13.9 Å². The highest BCUT2D eigenvalue weighted by Crippen LogP contribution is 2.36. The lowest BCUT2D eigenvalue weighted by atomic mass is 9.95. The number of hydrogen-bond donors (Lipinski definition) is 0. The molecule has 194 valence electrons. The van der Waals surface area contributed by atoms with Crippen molar-refractivity contribution >= 4 is 46.6 Å². The summed E-state index contributed by atoms with van der Waals surface area (Å²) in [7, 11) is 1.55. The molecule has 3 heterocycles. The van der Waals surface area contributed by atoms with Crippen LogP contribution in [0.1, 0.15) is 31.2 Å². The molecule has 38 heavy (non-hydrogen) atoms. The number of aromatic nitrogens is 1. The number of allylic oxidation sites excluding steroid dienone is 1. The number of rotatable bonds is 6. The average Bonchev–Trinajstić information content (AvgIpc) is 3.49. The van der Waals surface area contributed by atoms with Gasteiger partial charge in [-0.25, -0.2) is 9.79 Å². The minimum absolute atomic E-state index is 0.191. The zero-order chi connectivity index (χ0) is 27.0. The molecule has 0 radical (unpaired) electrons. The monoisotopic (exact) mass is 568 g/mol. The molecule has 0 N–H and O–H groups in total. The van der Waals surface area contributed by atoms with Gasteiger partial charge in [-0.1, -0.05) is 58.8 Å². The van der Waals surface area contributed by atoms with Gasteiger partial charge in [0.05, 0.1) is 39.6 Å². The van der Waals surface area contributed by atoms with Crippen LogP contribution in [0.4, 0.5) is 0 Å². The highest BCUT2D eigenvalue weighted by molar-refractivity contribution is 7.07. The predicted molar refractivity (Wildman–Crippen MR) is 148 cm³/mol. The molecule has 10 heteroatoms. The molecule has 1 atom stereocenters. The maximum absolute atomic E-state index is 13.8. The molecule has 0 spiro atoms. The molecule has 0 amide bonds. The Bertz CT molecular complexity index is 1770. The van der Waals surface area contributed by atoms with Crippen molar-refractivity contribution in [3.63, 3.8) is 0 Å². The van der Waals surface area contributed by atoms with E-state index < -0.39 is 12.0 Å². The highest BCUT2D eigenvalue weighted by atomic mass is 35.5. The summed E-state index contributed by atoms with van der Waals surface area (Å²) in [5.74, 6) is 0.978. The van der Waals surface area contributed by atoms with E-state index in [9.17, 15) is 9.59 Å². The molecule has 4 aromatic rings. The van der Waals surface area contributed by atoms with Gasteiger partial charge in [-0.15, -0.1) is 0 Å². The molecule has 2 aromatic carbocycles. The van der Waals surface area contributed by atoms with Crippen LogP contribution in [0.15, 0.2) is 80.1 Å². The van der Waals surface area contributed by atoms with E-state index in [-0.39, 0.29) is 17.7 Å². The summed E-state index contributed by atoms with van der Waals surface area (Å²) in [5, 5.41) is 0.799. The van der Waals surface area contributed by atoms with Crippen LogP contribution in [0.3, 0.4) is 0 Å². The summed E-state index contributed by atoms with van der Waals surface area (Å²) >= 11 is 13.7. The van der Waals surface area contributed by atoms with Crippen LogP contribution >= 0.6 is 34.5 Å². The van der Waals surface area contributed by atoms with E-state index in [1.54, 1.807) is 63.4 Å². The molecular weight excluding hydrogens is 547 g/mol. The number of ether oxygens (including phenoxy) is 2. The molecular formula is C28H22Cl2N2O5S. The fourth-order valence-electron chi connectivity index (χ4n) is 4.38. The van der Waals surface area contributed by atoms with E-state index >= 15 is 0 Å². The molecule has 0 aliphatic carbocycles. The minimum Gasteiger partial charge on any atom is -0.496 e. The van der Waals surface area contributed by atoms with Crippen molar-refractivity contribution in [3.05, 3.63) is 107 Å². The standard InChI is InChI=1S/C28H22Cl2N2O5S/c1-4-36-27(34)23-15(2)31-28-32(25(23)18-8-5-6-11-20(18)35-3)26(33)22(38-28)14-16-12-13-21(37-16)17-9-7-10-19(29)24(17)30/h5-14,25H,4H2,1-3H3. The fraction of sp³-hybridized carbons (Fsp3) is 0.179. The number of methoxy groups -OCH3 is 1. The number of fused-ring (bicyclic) bond motifs is 1. The Morgan fingerprint density at radius 2 is 1.95 bits per heavy atom. The molecule has 0 fully saturated rings. The number of nitrogens with zero attached hydrogens (tertiary/aromatic N) is 2. The van der Waals surface area contributed by atoms with Gasteiger partial charge in [0.15, 0.2) is 4.80 Å². The lowest BCUT2D eigenvalue weighted by molar-refractivity contribution is -0.139. The number of carbonyl (C=O) groups is 1. The molecule has 7 nitrogen and oxygen atoms in total. The topological polar surface area (TPSA) is 83.0 Å². The third kappa shape index (κ3) is 4.60. The Morgan fingerprint density at radius 1 is 1.16 bits per heavy atom. The summed E-state index contributed by atoms with van der Waals surface area (Å²) in [6, 6.07) is 15.3. The van der Waals surface area contributed by atoms with Gasteiger partial charge in [-0.2, -0.15) is 0 Å². The number of hydrogen-bond acceptors (Lipinski definition) is 7. The van der Waals surface area contributed by atoms with E-state index in [4.69, 9.17) is 37.1 Å². The number of carbonyl (C=O) groups excluding carboxylic acids is 1. The van der Waals surface area contributed by atoms with E-state index in [0.717, 1.165) is 0 Å². The third-order valence-electron chi connectivity index (χ3n) is 6.07. The molecule has 1 aliphatic heterocycles. The van der Waals surface area contributed by atoms with Crippen molar-refractivity contribution in [2.45, 2.75) is 19.9 Å². The minimum atomic E-state index is -0.777. The number of thiazole rings is 1. The Morgan fingerprint density at radius 3 is 2.71 bits per heavy atom. The molecule has 0 bridgehead atoms. The summed E-state index contributed by atoms with van der Waals surface area (Å²) < 4.78 is 18.8. The molecule has 1 aliphatic rings. The lowest BCUT2D eigenvalue weighted by Gasteiger charge is -2.25. The van der Waals surface area contributed by atoms with Crippen molar-refractivity contribution < 1.29 is 18.7 Å². The first-order chi connectivity index (χ1) is 18.3. The summed E-state index contributed by atoms with van der Waals surface area (Å²) in [6.45, 7) is 3.66. The molecule has 1 unspecified atom stereocenters. The Labute approximate surface area is 231 Å². The predicted octanol–water partition coefficient (Wildman–Crippen LogP) is 5.37. The van der Waals surface area contributed by atoms with Crippen LogP contribution in [0.2, 0.25) is 10.0 Å². The van der Waals surface area contributed by atoms with Crippen molar-refractivity contribution in [2.24, 2.45) is 4.99 Å². The zero-order valence-corrected chi connectivity index (χ0v) is 23.0. The van der Waals surface area contributed by atoms with E-state index in [2.05, 4.69) is 4.99 Å². The SMILES string of the molecule is CCOC(=O)C1=C(C)N=c2sc(=Cc3ccc(-c4cccc(Cl)c4Cl)o3)c(=O)n2C1c1ccccc1OC. The second kappa shape index (κ2) is 10.6. The maximum Gasteiger partial charge on any atom is 0.338 e. The van der Waals surface area contributed by atoms with Crippen LogP contribution < -0.4 is 19.6 Å². The smallest absolute Gasteiger partial charge is 0.338 e. The molecule has 5 rings (SSSR count). The van der Waals surface area contributed by atoms with Crippen LogP contribution in [-0.4, -0.2) is 24.3 Å². The van der Waals surface area contributed by atoms with Gasteiger partial charge in [-0.3, -0.25) is 9.36 Å². The maximum atomic E-state index is 13.8. The lowest BCUT2D eigenvalue weighted by Crippen LogP contribution is -2.40. The largest absolute Gasteiger partial charge is 0.496 e. The Balaban J connectivity index is 1.67. The van der Waals surface area contributed by atoms with Crippen molar-refractivity contribution in [1.29, 1.82) is 0 Å². The van der Waals surface area contributed by atoms with E-state index in [0.29, 0.717) is 53.5 Å². The first-order valence-electron chi connectivity index (χ1n) is 11.7. The van der Waals surface area contributed by atoms with E-state index in [1.807, 2.05) is 18.2 Å². The Kier molecular flexibility index (Phi) is 7.29. The first-order valence-corrected chi connectivity index (χ1v) is 13.3. The summed E-state index contributed by atoms with van der Waals surface area (Å²) in [5.41, 5.74) is 1.73. The van der Waals surface area contributed by atoms with Crippen molar-refractivity contribution in [3.8, 4) is 17.1 Å². The quantitative estimate of drug-likeness (QED) is 0.292. The van der Waals surface area contributed by atoms with Gasteiger partial charge in [0.25, 0.3) is 5.56 Å².